The van der Waals surface area contributed by atoms with Crippen molar-refractivity contribution in [3.8, 4) is 11.4 Å². The lowest BCUT2D eigenvalue weighted by Gasteiger charge is -2.32. The number of carbonyl (C=O) groups is 1. The average Bonchev–Trinajstić information content (AvgIpc) is 2.79. The predicted octanol–water partition coefficient (Wildman–Crippen LogP) is 5.91. The van der Waals surface area contributed by atoms with Crippen LogP contribution < -0.4 is 10.3 Å². The minimum absolute atomic E-state index is 0.0779. The topological polar surface area (TPSA) is 64.4 Å². The minimum atomic E-state index is -0.370. The van der Waals surface area contributed by atoms with Crippen LogP contribution in [0.2, 0.25) is 0 Å². The molecule has 0 bridgehead atoms. The van der Waals surface area contributed by atoms with E-state index in [0.29, 0.717) is 42.0 Å². The highest BCUT2D eigenvalue weighted by atomic mass is 16.5. The van der Waals surface area contributed by atoms with Crippen LogP contribution in [0.3, 0.4) is 0 Å². The Balaban J connectivity index is 2.17. The van der Waals surface area contributed by atoms with Crippen molar-refractivity contribution in [1.82, 2.24) is 14.5 Å². The fourth-order valence-corrected chi connectivity index (χ4v) is 4.10. The van der Waals surface area contributed by atoms with Gasteiger partial charge in [-0.25, -0.2) is 4.98 Å². The van der Waals surface area contributed by atoms with E-state index >= 15 is 0 Å². The Morgan fingerprint density at radius 1 is 1.09 bits per heavy atom. The van der Waals surface area contributed by atoms with Crippen molar-refractivity contribution in [3.05, 3.63) is 64.7 Å². The van der Waals surface area contributed by atoms with Crippen LogP contribution in [0.15, 0.2) is 53.3 Å². The van der Waals surface area contributed by atoms with Crippen LogP contribution in [0.5, 0.6) is 5.75 Å². The van der Waals surface area contributed by atoms with Crippen molar-refractivity contribution in [2.45, 2.75) is 66.8 Å². The van der Waals surface area contributed by atoms with Gasteiger partial charge in [0.05, 0.1) is 29.2 Å². The van der Waals surface area contributed by atoms with Crippen LogP contribution in [0.1, 0.15) is 72.7 Å². The van der Waals surface area contributed by atoms with E-state index in [1.807, 2.05) is 61.2 Å². The van der Waals surface area contributed by atoms with Crippen molar-refractivity contribution in [3.63, 3.8) is 0 Å². The van der Waals surface area contributed by atoms with E-state index in [0.717, 1.165) is 18.6 Å². The Hall–Kier alpha value is -3.15. The van der Waals surface area contributed by atoms with Crippen LogP contribution in [0, 0.1) is 5.41 Å². The van der Waals surface area contributed by atoms with Gasteiger partial charge in [0, 0.05) is 13.0 Å². The summed E-state index contributed by atoms with van der Waals surface area (Å²) < 4.78 is 7.22. The largest absolute Gasteiger partial charge is 0.494 e. The number of amides is 1. The van der Waals surface area contributed by atoms with Crippen LogP contribution in [-0.2, 0) is 4.79 Å². The molecule has 3 rings (SSSR count). The second kappa shape index (κ2) is 10.9. The molecule has 6 heteroatoms. The number of para-hydroxylation sites is 1. The summed E-state index contributed by atoms with van der Waals surface area (Å²) in [5, 5.41) is 0.550. The zero-order valence-corrected chi connectivity index (χ0v) is 21.3. The Kier molecular flexibility index (Phi) is 8.13. The van der Waals surface area contributed by atoms with Crippen molar-refractivity contribution >= 4 is 16.8 Å². The number of hydrogen-bond acceptors (Lipinski definition) is 4. The van der Waals surface area contributed by atoms with Gasteiger partial charge >= 0.3 is 0 Å². The lowest BCUT2D eigenvalue weighted by molar-refractivity contribution is -0.135. The number of nitrogens with zero attached hydrogens (tertiary/aromatic N) is 3. The molecular formula is C28H37N3O3. The van der Waals surface area contributed by atoms with E-state index in [4.69, 9.17) is 9.72 Å². The highest BCUT2D eigenvalue weighted by molar-refractivity contribution is 5.79. The number of hydrogen-bond donors (Lipinski definition) is 0. The Morgan fingerprint density at radius 2 is 1.76 bits per heavy atom. The highest BCUT2D eigenvalue weighted by Crippen LogP contribution is 2.28. The first kappa shape index (κ1) is 25.5. The van der Waals surface area contributed by atoms with Crippen molar-refractivity contribution < 1.29 is 9.53 Å². The standard InChI is InChI=1S/C28H37N3O3/c1-7-9-18-30(25(32)19-28(4,5)6)20(3)26-29-24-13-11-10-12-23(24)27(33)31(26)21-14-16-22(17-15-21)34-8-2/h10-17,20H,7-9,18-19H2,1-6H3. The number of unbranched alkanes of at least 4 members (excludes halogenated alkanes) is 1. The molecule has 0 radical (unpaired) electrons. The van der Waals surface area contributed by atoms with Gasteiger partial charge in [-0.15, -0.1) is 0 Å². The number of aromatic nitrogens is 2. The maximum absolute atomic E-state index is 13.7. The smallest absolute Gasteiger partial charge is 0.266 e. The quantitative estimate of drug-likeness (QED) is 0.396. The van der Waals surface area contributed by atoms with Gasteiger partial charge < -0.3 is 9.64 Å². The molecule has 1 amide bonds. The summed E-state index contributed by atoms with van der Waals surface area (Å²) in [6.45, 7) is 13.4. The molecule has 0 saturated heterocycles. The summed E-state index contributed by atoms with van der Waals surface area (Å²) in [5.74, 6) is 1.38. The molecule has 0 fully saturated rings. The van der Waals surface area contributed by atoms with E-state index in [1.165, 1.54) is 0 Å². The summed E-state index contributed by atoms with van der Waals surface area (Å²) >= 11 is 0. The summed E-state index contributed by atoms with van der Waals surface area (Å²) in [6.07, 6.45) is 2.30. The van der Waals surface area contributed by atoms with Crippen LogP contribution >= 0.6 is 0 Å². The molecule has 0 aliphatic carbocycles. The normalized spacial score (nSPS) is 12.5. The first-order chi connectivity index (χ1) is 16.2. The highest BCUT2D eigenvalue weighted by Gasteiger charge is 2.29. The van der Waals surface area contributed by atoms with E-state index in [1.54, 1.807) is 10.6 Å². The van der Waals surface area contributed by atoms with Crippen LogP contribution in [0.25, 0.3) is 16.6 Å². The van der Waals surface area contributed by atoms with Gasteiger partial charge in [0.25, 0.3) is 5.56 Å². The minimum Gasteiger partial charge on any atom is -0.494 e. The number of fused-ring (bicyclic) bond motifs is 1. The Bertz CT molecular complexity index is 1180. The molecule has 2 aromatic carbocycles. The zero-order valence-electron chi connectivity index (χ0n) is 21.3. The third-order valence-corrected chi connectivity index (χ3v) is 5.80. The van der Waals surface area contributed by atoms with Gasteiger partial charge in [-0.05, 0) is 62.1 Å². The second-order valence-corrected chi connectivity index (χ2v) is 9.91. The zero-order chi connectivity index (χ0) is 24.9. The molecule has 0 saturated carbocycles. The molecule has 0 spiro atoms. The lowest BCUT2D eigenvalue weighted by atomic mass is 9.91. The maximum atomic E-state index is 13.7. The molecule has 1 aromatic heterocycles. The number of benzene rings is 2. The van der Waals surface area contributed by atoms with Crippen LogP contribution in [-0.4, -0.2) is 33.5 Å². The molecule has 0 aliphatic rings. The molecule has 1 unspecified atom stereocenters. The van der Waals surface area contributed by atoms with Gasteiger partial charge in [-0.3, -0.25) is 14.2 Å². The van der Waals surface area contributed by atoms with Gasteiger partial charge in [-0.2, -0.15) is 0 Å². The van der Waals surface area contributed by atoms with E-state index in [-0.39, 0.29) is 22.9 Å². The predicted molar refractivity (Wildman–Crippen MR) is 138 cm³/mol. The molecule has 1 atom stereocenters. The number of ether oxygens (including phenoxy) is 1. The van der Waals surface area contributed by atoms with Gasteiger partial charge in [0.2, 0.25) is 5.91 Å². The molecule has 3 aromatic rings. The molecule has 1 heterocycles. The lowest BCUT2D eigenvalue weighted by Crippen LogP contribution is -2.39. The van der Waals surface area contributed by atoms with Gasteiger partial charge in [0.15, 0.2) is 0 Å². The molecule has 0 aliphatic heterocycles. The fraction of sp³-hybridized carbons (Fsp3) is 0.464. The van der Waals surface area contributed by atoms with E-state index in [2.05, 4.69) is 27.7 Å². The third-order valence-electron chi connectivity index (χ3n) is 5.80. The fourth-order valence-electron chi connectivity index (χ4n) is 4.10. The summed E-state index contributed by atoms with van der Waals surface area (Å²) in [7, 11) is 0. The van der Waals surface area contributed by atoms with Gasteiger partial charge in [0.1, 0.15) is 11.6 Å². The Labute approximate surface area is 202 Å². The van der Waals surface area contributed by atoms with E-state index < -0.39 is 0 Å². The maximum Gasteiger partial charge on any atom is 0.266 e. The molecular weight excluding hydrogens is 426 g/mol. The van der Waals surface area contributed by atoms with Crippen LogP contribution in [0.4, 0.5) is 0 Å². The van der Waals surface area contributed by atoms with Gasteiger partial charge in [-0.1, -0.05) is 46.2 Å². The van der Waals surface area contributed by atoms with Crippen molar-refractivity contribution in [2.24, 2.45) is 5.41 Å². The van der Waals surface area contributed by atoms with Crippen molar-refractivity contribution in [2.75, 3.05) is 13.2 Å². The first-order valence-electron chi connectivity index (χ1n) is 12.2. The third kappa shape index (κ3) is 5.85. The second-order valence-electron chi connectivity index (χ2n) is 9.91. The average molecular weight is 464 g/mol. The Morgan fingerprint density at radius 3 is 2.38 bits per heavy atom. The summed E-state index contributed by atoms with van der Waals surface area (Å²) in [4.78, 5) is 33.9. The molecule has 6 nitrogen and oxygen atoms in total. The summed E-state index contributed by atoms with van der Waals surface area (Å²) in [6, 6.07) is 14.4. The summed E-state index contributed by atoms with van der Waals surface area (Å²) in [5.41, 5.74) is 1.06. The number of carbonyl (C=O) groups excluding carboxylic acids is 1. The molecule has 0 N–H and O–H groups in total. The molecule has 182 valence electrons. The molecule has 34 heavy (non-hydrogen) atoms. The first-order valence-corrected chi connectivity index (χ1v) is 12.2. The monoisotopic (exact) mass is 463 g/mol. The SMILES string of the molecule is CCCCN(C(=O)CC(C)(C)C)C(C)c1nc2ccccc2c(=O)n1-c1ccc(OCC)cc1. The van der Waals surface area contributed by atoms with Crippen molar-refractivity contribution in [1.29, 1.82) is 0 Å². The number of rotatable bonds is 9. The van der Waals surface area contributed by atoms with E-state index in [9.17, 15) is 9.59 Å².